The lowest BCUT2D eigenvalue weighted by Gasteiger charge is -2.01. The minimum absolute atomic E-state index is 0.0858. The maximum atomic E-state index is 12.0. The lowest BCUT2D eigenvalue weighted by atomic mass is 10.1. The third-order valence-electron chi connectivity index (χ3n) is 3.19. The van der Waals surface area contributed by atoms with Gasteiger partial charge in [0.25, 0.3) is 0 Å². The van der Waals surface area contributed by atoms with E-state index in [-0.39, 0.29) is 11.2 Å². The Morgan fingerprint density at radius 3 is 2.67 bits per heavy atom. The first-order chi connectivity index (χ1) is 10.2. The summed E-state index contributed by atoms with van der Waals surface area (Å²) in [5, 5.41) is 9.94. The number of benzene rings is 2. The Hall–Kier alpha value is -2.81. The molecule has 0 amide bonds. The van der Waals surface area contributed by atoms with Gasteiger partial charge in [0.1, 0.15) is 17.1 Å². The van der Waals surface area contributed by atoms with E-state index < -0.39 is 0 Å². The largest absolute Gasteiger partial charge is 0.508 e. The average Bonchev–Trinajstić information content (AvgIpc) is 2.48. The van der Waals surface area contributed by atoms with Crippen molar-refractivity contribution in [1.82, 2.24) is 0 Å². The van der Waals surface area contributed by atoms with E-state index in [0.717, 1.165) is 5.56 Å². The minimum Gasteiger partial charge on any atom is -0.508 e. The highest BCUT2D eigenvalue weighted by Gasteiger charge is 2.04. The van der Waals surface area contributed by atoms with Crippen molar-refractivity contribution in [3.05, 3.63) is 82.2 Å². The van der Waals surface area contributed by atoms with E-state index >= 15 is 0 Å². The summed E-state index contributed by atoms with van der Waals surface area (Å²) in [5.41, 5.74) is 1.41. The number of hydrogen-bond acceptors (Lipinski definition) is 3. The van der Waals surface area contributed by atoms with Gasteiger partial charge in [-0.05, 0) is 17.7 Å². The van der Waals surface area contributed by atoms with E-state index in [1.807, 2.05) is 42.5 Å². The summed E-state index contributed by atoms with van der Waals surface area (Å²) in [4.78, 5) is 12.0. The molecule has 2 aromatic carbocycles. The second kappa shape index (κ2) is 5.67. The highest BCUT2D eigenvalue weighted by molar-refractivity contribution is 5.77. The Morgan fingerprint density at radius 1 is 1.05 bits per heavy atom. The third-order valence-corrected chi connectivity index (χ3v) is 3.19. The molecule has 0 radical (unpaired) electrons. The van der Waals surface area contributed by atoms with Gasteiger partial charge in [-0.2, -0.15) is 0 Å². The lowest BCUT2D eigenvalue weighted by molar-refractivity contribution is 0.473. The van der Waals surface area contributed by atoms with E-state index in [1.165, 1.54) is 18.2 Å². The average molecular weight is 278 g/mol. The molecule has 1 heterocycles. The predicted octanol–water partition coefficient (Wildman–Crippen LogP) is 3.75. The van der Waals surface area contributed by atoms with Gasteiger partial charge >= 0.3 is 0 Å². The second-order valence-corrected chi connectivity index (χ2v) is 4.77. The van der Waals surface area contributed by atoms with E-state index in [0.29, 0.717) is 23.2 Å². The number of aromatic hydroxyl groups is 1. The second-order valence-electron chi connectivity index (χ2n) is 4.77. The Labute approximate surface area is 121 Å². The Bertz CT molecular complexity index is 845. The highest BCUT2D eigenvalue weighted by atomic mass is 16.3. The monoisotopic (exact) mass is 278 g/mol. The number of phenols is 1. The molecule has 1 aromatic heterocycles. The zero-order valence-corrected chi connectivity index (χ0v) is 11.3. The number of allylic oxidation sites excluding steroid dienone is 1. The van der Waals surface area contributed by atoms with Gasteiger partial charge in [0.15, 0.2) is 5.43 Å². The molecule has 0 saturated heterocycles. The fraction of sp³-hybridized carbons (Fsp3) is 0.0556. The zero-order chi connectivity index (χ0) is 14.7. The van der Waals surface area contributed by atoms with Crippen molar-refractivity contribution in [3.8, 4) is 5.75 Å². The van der Waals surface area contributed by atoms with Crippen LogP contribution in [0.3, 0.4) is 0 Å². The van der Waals surface area contributed by atoms with Gasteiger partial charge in [0, 0.05) is 18.6 Å². The Morgan fingerprint density at radius 2 is 1.86 bits per heavy atom. The molecule has 3 nitrogen and oxygen atoms in total. The maximum Gasteiger partial charge on any atom is 0.192 e. The van der Waals surface area contributed by atoms with E-state index in [4.69, 9.17) is 4.42 Å². The van der Waals surface area contributed by atoms with Crippen LogP contribution in [0.25, 0.3) is 17.0 Å². The van der Waals surface area contributed by atoms with Crippen LogP contribution in [-0.2, 0) is 6.42 Å². The van der Waals surface area contributed by atoms with E-state index in [2.05, 4.69) is 0 Å². The molecule has 3 aromatic rings. The molecule has 3 rings (SSSR count). The molecule has 0 unspecified atom stereocenters. The topological polar surface area (TPSA) is 50.4 Å². The molecule has 0 aliphatic heterocycles. The fourth-order valence-corrected chi connectivity index (χ4v) is 2.17. The molecule has 0 saturated carbocycles. The SMILES string of the molecule is O=c1cc(C/C=C/c2ccccc2)oc2cc(O)ccc12. The highest BCUT2D eigenvalue weighted by Crippen LogP contribution is 2.18. The summed E-state index contributed by atoms with van der Waals surface area (Å²) in [6.45, 7) is 0. The van der Waals surface area contributed by atoms with Crippen LogP contribution in [-0.4, -0.2) is 5.11 Å². The van der Waals surface area contributed by atoms with Crippen molar-refractivity contribution in [3.63, 3.8) is 0 Å². The van der Waals surface area contributed by atoms with Gasteiger partial charge < -0.3 is 9.52 Å². The van der Waals surface area contributed by atoms with Gasteiger partial charge in [-0.15, -0.1) is 0 Å². The van der Waals surface area contributed by atoms with Crippen molar-refractivity contribution in [1.29, 1.82) is 0 Å². The summed E-state index contributed by atoms with van der Waals surface area (Å²) in [5.74, 6) is 0.660. The first kappa shape index (κ1) is 13.2. The van der Waals surface area contributed by atoms with Crippen LogP contribution in [0.4, 0.5) is 0 Å². The molecule has 21 heavy (non-hydrogen) atoms. The summed E-state index contributed by atoms with van der Waals surface area (Å²) >= 11 is 0. The fourth-order valence-electron chi connectivity index (χ4n) is 2.17. The molecule has 1 N–H and O–H groups in total. The Balaban J connectivity index is 1.88. The van der Waals surface area contributed by atoms with Gasteiger partial charge in [0.05, 0.1) is 5.39 Å². The molecule has 0 bridgehead atoms. The molecule has 0 spiro atoms. The number of fused-ring (bicyclic) bond motifs is 1. The van der Waals surface area contributed by atoms with Crippen molar-refractivity contribution in [2.24, 2.45) is 0 Å². The van der Waals surface area contributed by atoms with Crippen LogP contribution < -0.4 is 5.43 Å². The molecule has 0 atom stereocenters. The van der Waals surface area contributed by atoms with Gasteiger partial charge in [-0.3, -0.25) is 4.79 Å². The summed E-state index contributed by atoms with van der Waals surface area (Å²) in [6.07, 6.45) is 4.45. The molecule has 0 aliphatic rings. The molecular formula is C18H14O3. The van der Waals surface area contributed by atoms with Crippen LogP contribution in [0, 0.1) is 0 Å². The number of hydrogen-bond donors (Lipinski definition) is 1. The Kier molecular flexibility index (Phi) is 3.56. The lowest BCUT2D eigenvalue weighted by Crippen LogP contribution is -2.01. The van der Waals surface area contributed by atoms with Gasteiger partial charge in [0.2, 0.25) is 0 Å². The van der Waals surface area contributed by atoms with Crippen LogP contribution in [0.2, 0.25) is 0 Å². The summed E-state index contributed by atoms with van der Waals surface area (Å²) < 4.78 is 5.65. The molecule has 0 fully saturated rings. The predicted molar refractivity (Wildman–Crippen MR) is 83.3 cm³/mol. The molecule has 3 heteroatoms. The van der Waals surface area contributed by atoms with Crippen molar-refractivity contribution < 1.29 is 9.52 Å². The summed E-state index contributed by atoms with van der Waals surface area (Å²) in [6, 6.07) is 15.9. The maximum absolute atomic E-state index is 12.0. The number of phenolic OH excluding ortho intramolecular Hbond substituents is 1. The van der Waals surface area contributed by atoms with Crippen molar-refractivity contribution in [2.75, 3.05) is 0 Å². The van der Waals surface area contributed by atoms with Crippen molar-refractivity contribution >= 4 is 17.0 Å². The van der Waals surface area contributed by atoms with Crippen molar-refractivity contribution in [2.45, 2.75) is 6.42 Å². The molecule has 0 aliphatic carbocycles. The summed E-state index contributed by atoms with van der Waals surface area (Å²) in [7, 11) is 0. The number of rotatable bonds is 3. The third kappa shape index (κ3) is 3.03. The normalized spacial score (nSPS) is 11.2. The minimum atomic E-state index is -0.0978. The van der Waals surface area contributed by atoms with Crippen LogP contribution in [0.15, 0.2) is 69.9 Å². The standard InChI is InChI=1S/C18H14O3/c19-14-9-10-16-17(20)12-15(21-18(16)11-14)8-4-7-13-5-2-1-3-6-13/h1-7,9-12,19H,8H2/b7-4+. The van der Waals surface area contributed by atoms with E-state index in [1.54, 1.807) is 6.07 Å². The van der Waals surface area contributed by atoms with Crippen LogP contribution >= 0.6 is 0 Å². The van der Waals surface area contributed by atoms with Gasteiger partial charge in [-0.1, -0.05) is 42.5 Å². The molecular weight excluding hydrogens is 264 g/mol. The first-order valence-electron chi connectivity index (χ1n) is 6.70. The van der Waals surface area contributed by atoms with Crippen LogP contribution in [0.5, 0.6) is 5.75 Å². The van der Waals surface area contributed by atoms with E-state index in [9.17, 15) is 9.90 Å². The zero-order valence-electron chi connectivity index (χ0n) is 11.3. The quantitative estimate of drug-likeness (QED) is 0.793. The van der Waals surface area contributed by atoms with Crippen LogP contribution in [0.1, 0.15) is 11.3 Å². The smallest absolute Gasteiger partial charge is 0.192 e. The van der Waals surface area contributed by atoms with Gasteiger partial charge in [-0.25, -0.2) is 0 Å². The molecule has 104 valence electrons. The first-order valence-corrected chi connectivity index (χ1v) is 6.70.